The zero-order valence-corrected chi connectivity index (χ0v) is 49.2. The minimum Gasteiger partial charge on any atom is -0.311 e. The molecule has 87 heavy (non-hydrogen) atoms. The molecule has 0 amide bonds. The number of hydrogen-bond acceptors (Lipinski definition) is 4. The first-order valence-electron chi connectivity index (χ1n) is 31.3. The largest absolute Gasteiger partial charge is 0.311 e. The van der Waals surface area contributed by atoms with Crippen LogP contribution >= 0.6 is 0 Å². The molecule has 420 valence electrons. The molecule has 0 aromatic heterocycles. The average molecular weight is 1120 g/mol. The van der Waals surface area contributed by atoms with Crippen LogP contribution in [0.15, 0.2) is 297 Å². The van der Waals surface area contributed by atoms with Crippen LogP contribution in [0, 0.1) is 6.92 Å². The van der Waals surface area contributed by atoms with E-state index in [0.29, 0.717) is 0 Å². The fourth-order valence-corrected chi connectivity index (χ4v) is 15.6. The molecule has 4 aliphatic carbocycles. The first kappa shape index (κ1) is 52.4. The van der Waals surface area contributed by atoms with Crippen molar-refractivity contribution in [2.45, 2.75) is 69.1 Å². The second-order valence-corrected chi connectivity index (χ2v) is 24.4. The standard InChI is InChI=1S/C83H68N4/c1-59-20-19-27-71(56-59)85(64-25-9-4-10-26-64)68-44-46-70(47-45-68)87(73-49-51-77-75-29-12-14-31-79(75)83(81(77)58-73)54-17-18-55-83)66-38-34-61(35-39-66)60-32-36-65(37-33-60)86(72-48-50-76-74-28-11-13-30-78(74)82(80(76)57-72)52-15-16-53-82)69-42-40-67(41-43-69)84(62-21-5-2-6-22-62)63-23-7-3-8-24-63/h2-14,19-51,56-58H,15-18,52-55H2,1H3. The van der Waals surface area contributed by atoms with Crippen LogP contribution in [-0.4, -0.2) is 0 Å². The zero-order chi connectivity index (χ0) is 57.9. The number of benzene rings is 12. The van der Waals surface area contributed by atoms with Gasteiger partial charge in [-0.2, -0.15) is 0 Å². The Hall–Kier alpha value is -10.2. The third kappa shape index (κ3) is 9.04. The average Bonchev–Trinajstić information content (AvgIpc) is 2.86. The highest BCUT2D eigenvalue weighted by Gasteiger charge is 2.46. The zero-order valence-electron chi connectivity index (χ0n) is 49.2. The lowest BCUT2D eigenvalue weighted by molar-refractivity contribution is 0.550. The maximum atomic E-state index is 2.53. The highest BCUT2D eigenvalue weighted by Crippen LogP contribution is 2.60. The molecule has 2 fully saturated rings. The molecule has 2 saturated carbocycles. The van der Waals surface area contributed by atoms with E-state index in [4.69, 9.17) is 0 Å². The molecule has 0 N–H and O–H groups in total. The third-order valence-electron chi connectivity index (χ3n) is 19.6. The molecule has 0 aliphatic heterocycles. The predicted octanol–water partition coefficient (Wildman–Crippen LogP) is 23.2. The number of aryl methyl sites for hydroxylation is 1. The summed E-state index contributed by atoms with van der Waals surface area (Å²) in [5.41, 5.74) is 28.7. The van der Waals surface area contributed by atoms with Crippen molar-refractivity contribution >= 4 is 68.2 Å². The smallest absolute Gasteiger partial charge is 0.0465 e. The van der Waals surface area contributed by atoms with Crippen LogP contribution in [0.2, 0.25) is 0 Å². The van der Waals surface area contributed by atoms with Gasteiger partial charge in [0, 0.05) is 79.1 Å². The fourth-order valence-electron chi connectivity index (χ4n) is 15.6. The predicted molar refractivity (Wildman–Crippen MR) is 365 cm³/mol. The van der Waals surface area contributed by atoms with Crippen LogP contribution in [0.25, 0.3) is 33.4 Å². The topological polar surface area (TPSA) is 13.0 Å². The van der Waals surface area contributed by atoms with Crippen LogP contribution in [0.1, 0.15) is 79.2 Å². The fraction of sp³-hybridized carbons (Fsp3) is 0.133. The van der Waals surface area contributed by atoms with Gasteiger partial charge in [0.05, 0.1) is 0 Å². The summed E-state index contributed by atoms with van der Waals surface area (Å²) in [6.45, 7) is 2.17. The second-order valence-electron chi connectivity index (χ2n) is 24.4. The van der Waals surface area contributed by atoms with Crippen LogP contribution in [0.4, 0.5) is 68.2 Å². The normalized spacial score (nSPS) is 14.5. The van der Waals surface area contributed by atoms with Gasteiger partial charge in [-0.1, -0.05) is 177 Å². The van der Waals surface area contributed by atoms with Gasteiger partial charge >= 0.3 is 0 Å². The summed E-state index contributed by atoms with van der Waals surface area (Å²) < 4.78 is 0. The molecule has 16 rings (SSSR count). The molecule has 0 unspecified atom stereocenters. The Balaban J connectivity index is 0.770. The lowest BCUT2D eigenvalue weighted by Crippen LogP contribution is -2.21. The molecule has 0 radical (unpaired) electrons. The number of nitrogens with zero attached hydrogens (tertiary/aromatic N) is 4. The summed E-state index contributed by atoms with van der Waals surface area (Å²) in [5, 5.41) is 0. The number of hydrogen-bond donors (Lipinski definition) is 0. The van der Waals surface area contributed by atoms with Crippen molar-refractivity contribution in [2.75, 3.05) is 19.6 Å². The quantitative estimate of drug-likeness (QED) is 0.114. The monoisotopic (exact) mass is 1120 g/mol. The Morgan fingerprint density at radius 3 is 0.839 bits per heavy atom. The van der Waals surface area contributed by atoms with Gasteiger partial charge in [-0.25, -0.2) is 0 Å². The van der Waals surface area contributed by atoms with Gasteiger partial charge in [-0.05, 0) is 239 Å². The van der Waals surface area contributed by atoms with Crippen LogP contribution in [0.3, 0.4) is 0 Å². The highest BCUT2D eigenvalue weighted by atomic mass is 15.2. The molecule has 12 aromatic rings. The SMILES string of the molecule is Cc1cccc(N(c2ccccc2)c2ccc(N(c3ccc(-c4ccc(N(c5ccc(N(c6ccccc6)c6ccccc6)cc5)c5ccc6c(c5)C5(CCCC5)c5ccccc5-6)cc4)cc3)c3ccc4c(c3)C3(CCCC3)c3ccccc3-4)cc2)c1. The van der Waals surface area contributed by atoms with Crippen molar-refractivity contribution < 1.29 is 0 Å². The third-order valence-corrected chi connectivity index (χ3v) is 19.6. The van der Waals surface area contributed by atoms with E-state index in [1.54, 1.807) is 0 Å². The Bertz CT molecular complexity index is 4410. The van der Waals surface area contributed by atoms with Gasteiger partial charge < -0.3 is 19.6 Å². The summed E-state index contributed by atoms with van der Waals surface area (Å²) in [7, 11) is 0. The molecule has 0 bridgehead atoms. The lowest BCUT2D eigenvalue weighted by Gasteiger charge is -2.31. The lowest BCUT2D eigenvalue weighted by atomic mass is 9.76. The Morgan fingerprint density at radius 2 is 0.483 bits per heavy atom. The van der Waals surface area contributed by atoms with Gasteiger partial charge in [0.1, 0.15) is 0 Å². The van der Waals surface area contributed by atoms with Crippen LogP contribution in [0.5, 0.6) is 0 Å². The molecule has 4 heteroatoms. The Labute approximate surface area is 512 Å². The summed E-state index contributed by atoms with van der Waals surface area (Å²) in [6, 6.07) is 111. The molecule has 12 aromatic carbocycles. The summed E-state index contributed by atoms with van der Waals surface area (Å²) in [6.07, 6.45) is 9.76. The summed E-state index contributed by atoms with van der Waals surface area (Å²) in [4.78, 5) is 9.62. The molecule has 0 atom stereocenters. The second kappa shape index (κ2) is 21.7. The van der Waals surface area contributed by atoms with E-state index in [9.17, 15) is 0 Å². The maximum Gasteiger partial charge on any atom is 0.0465 e. The summed E-state index contributed by atoms with van der Waals surface area (Å²) in [5.74, 6) is 0. The van der Waals surface area contributed by atoms with E-state index in [1.807, 2.05) is 0 Å². The van der Waals surface area contributed by atoms with Crippen molar-refractivity contribution in [2.24, 2.45) is 0 Å². The minimum absolute atomic E-state index is 0.0486. The Morgan fingerprint density at radius 1 is 0.218 bits per heavy atom. The van der Waals surface area contributed by atoms with E-state index in [1.165, 1.54) is 124 Å². The maximum absolute atomic E-state index is 2.53. The van der Waals surface area contributed by atoms with Gasteiger partial charge in [-0.3, -0.25) is 0 Å². The van der Waals surface area contributed by atoms with E-state index in [0.717, 1.165) is 56.9 Å². The van der Waals surface area contributed by atoms with Gasteiger partial charge in [-0.15, -0.1) is 0 Å². The molecule has 4 nitrogen and oxygen atoms in total. The van der Waals surface area contributed by atoms with Crippen molar-refractivity contribution in [3.05, 3.63) is 325 Å². The molecule has 0 heterocycles. The molecule has 4 aliphatic rings. The number of rotatable bonds is 13. The van der Waals surface area contributed by atoms with E-state index >= 15 is 0 Å². The molecular weight excluding hydrogens is 1050 g/mol. The van der Waals surface area contributed by atoms with E-state index in [-0.39, 0.29) is 10.8 Å². The number of anilines is 12. The van der Waals surface area contributed by atoms with Gasteiger partial charge in [0.2, 0.25) is 0 Å². The minimum atomic E-state index is 0.0486. The van der Waals surface area contributed by atoms with E-state index < -0.39 is 0 Å². The first-order valence-corrected chi connectivity index (χ1v) is 31.3. The van der Waals surface area contributed by atoms with Crippen LogP contribution < -0.4 is 19.6 Å². The van der Waals surface area contributed by atoms with Crippen molar-refractivity contribution in [3.8, 4) is 33.4 Å². The molecular formula is C83H68N4. The van der Waals surface area contributed by atoms with Crippen LogP contribution in [-0.2, 0) is 10.8 Å². The number of fused-ring (bicyclic) bond motifs is 10. The van der Waals surface area contributed by atoms with E-state index in [2.05, 4.69) is 324 Å². The van der Waals surface area contributed by atoms with Crippen molar-refractivity contribution in [1.29, 1.82) is 0 Å². The first-order chi connectivity index (χ1) is 43.0. The molecule has 2 spiro atoms. The summed E-state index contributed by atoms with van der Waals surface area (Å²) >= 11 is 0. The Kier molecular flexibility index (Phi) is 13.1. The number of para-hydroxylation sites is 3. The van der Waals surface area contributed by atoms with Crippen molar-refractivity contribution in [1.82, 2.24) is 0 Å². The van der Waals surface area contributed by atoms with Gasteiger partial charge in [0.15, 0.2) is 0 Å². The molecule has 0 saturated heterocycles. The van der Waals surface area contributed by atoms with Crippen molar-refractivity contribution in [3.63, 3.8) is 0 Å². The highest BCUT2D eigenvalue weighted by molar-refractivity contribution is 5.90. The van der Waals surface area contributed by atoms with Gasteiger partial charge in [0.25, 0.3) is 0 Å².